The zero-order chi connectivity index (χ0) is 13.0. The summed E-state index contributed by atoms with van der Waals surface area (Å²) in [7, 11) is 0. The molecule has 0 bridgehead atoms. The van der Waals surface area contributed by atoms with E-state index < -0.39 is 6.04 Å². The van der Waals surface area contributed by atoms with E-state index in [4.69, 9.17) is 23.2 Å². The molecule has 0 saturated carbocycles. The monoisotopic (exact) mass is 276 g/mol. The second-order valence-corrected chi connectivity index (χ2v) is 4.65. The maximum absolute atomic E-state index is 9.20. The molecule has 2 nitrogen and oxygen atoms in total. The highest BCUT2D eigenvalue weighted by atomic mass is 35.5. The van der Waals surface area contributed by atoms with E-state index in [0.717, 1.165) is 11.3 Å². The number of halogens is 2. The number of nitrogens with one attached hydrogen (secondary N) is 1. The number of nitriles is 1. The van der Waals surface area contributed by atoms with E-state index in [-0.39, 0.29) is 0 Å². The molecule has 2 aromatic carbocycles. The quantitative estimate of drug-likeness (QED) is 0.884. The van der Waals surface area contributed by atoms with Crippen LogP contribution in [0.5, 0.6) is 0 Å². The largest absolute Gasteiger partial charge is 0.366 e. The van der Waals surface area contributed by atoms with Crippen molar-refractivity contribution in [3.63, 3.8) is 0 Å². The molecular weight excluding hydrogens is 267 g/mol. The Morgan fingerprint density at radius 3 is 2.17 bits per heavy atom. The van der Waals surface area contributed by atoms with Crippen LogP contribution in [0.15, 0.2) is 48.5 Å². The molecule has 18 heavy (non-hydrogen) atoms. The van der Waals surface area contributed by atoms with Crippen LogP contribution in [0.1, 0.15) is 11.6 Å². The molecule has 0 heterocycles. The summed E-state index contributed by atoms with van der Waals surface area (Å²) in [5.41, 5.74) is 1.62. The number of anilines is 1. The van der Waals surface area contributed by atoms with Crippen LogP contribution in [0, 0.1) is 11.3 Å². The number of hydrogen-bond acceptors (Lipinski definition) is 2. The SMILES string of the molecule is N#CC(Nc1cc(Cl)cc(Cl)c1)c1ccccc1. The molecule has 90 valence electrons. The Bertz CT molecular complexity index is 556. The zero-order valence-electron chi connectivity index (χ0n) is 9.40. The highest BCUT2D eigenvalue weighted by Gasteiger charge is 2.10. The van der Waals surface area contributed by atoms with Gasteiger partial charge in [0.25, 0.3) is 0 Å². The van der Waals surface area contributed by atoms with E-state index >= 15 is 0 Å². The molecule has 2 aromatic rings. The summed E-state index contributed by atoms with van der Waals surface area (Å²) in [6, 6.07) is 16.4. The molecule has 0 aliphatic rings. The fourth-order valence-electron chi connectivity index (χ4n) is 1.64. The van der Waals surface area contributed by atoms with E-state index in [9.17, 15) is 5.26 Å². The number of nitrogens with zero attached hydrogens (tertiary/aromatic N) is 1. The molecule has 0 fully saturated rings. The van der Waals surface area contributed by atoms with Crippen molar-refractivity contribution in [3.8, 4) is 6.07 Å². The van der Waals surface area contributed by atoms with Crippen LogP contribution in [-0.2, 0) is 0 Å². The predicted octanol–water partition coefficient (Wildman–Crippen LogP) is 4.67. The van der Waals surface area contributed by atoms with Gasteiger partial charge in [-0.25, -0.2) is 0 Å². The fraction of sp³-hybridized carbons (Fsp3) is 0.0714. The van der Waals surface area contributed by atoms with Crippen LogP contribution >= 0.6 is 23.2 Å². The van der Waals surface area contributed by atoms with Crippen molar-refractivity contribution >= 4 is 28.9 Å². The smallest absolute Gasteiger partial charge is 0.140 e. The third-order valence-corrected chi connectivity index (χ3v) is 2.87. The van der Waals surface area contributed by atoms with Gasteiger partial charge >= 0.3 is 0 Å². The maximum Gasteiger partial charge on any atom is 0.140 e. The van der Waals surface area contributed by atoms with Gasteiger partial charge in [-0.2, -0.15) is 5.26 Å². The van der Waals surface area contributed by atoms with Gasteiger partial charge in [0.2, 0.25) is 0 Å². The third kappa shape index (κ3) is 3.16. The Morgan fingerprint density at radius 1 is 1.00 bits per heavy atom. The lowest BCUT2D eigenvalue weighted by Gasteiger charge is -2.13. The molecule has 4 heteroatoms. The fourth-order valence-corrected chi connectivity index (χ4v) is 2.17. The molecule has 0 aliphatic carbocycles. The van der Waals surface area contributed by atoms with Crippen LogP contribution in [0.25, 0.3) is 0 Å². The minimum absolute atomic E-state index is 0.430. The first-order valence-electron chi connectivity index (χ1n) is 5.36. The van der Waals surface area contributed by atoms with Crippen molar-refractivity contribution in [2.45, 2.75) is 6.04 Å². The lowest BCUT2D eigenvalue weighted by molar-refractivity contribution is 0.998. The predicted molar refractivity (Wildman–Crippen MR) is 74.9 cm³/mol. The number of rotatable bonds is 3. The summed E-state index contributed by atoms with van der Waals surface area (Å²) in [5.74, 6) is 0. The first-order valence-corrected chi connectivity index (χ1v) is 6.12. The van der Waals surface area contributed by atoms with Crippen molar-refractivity contribution in [2.75, 3.05) is 5.32 Å². The lowest BCUT2D eigenvalue weighted by Crippen LogP contribution is -2.08. The highest BCUT2D eigenvalue weighted by Crippen LogP contribution is 2.25. The summed E-state index contributed by atoms with van der Waals surface area (Å²) in [6.07, 6.45) is 0. The first-order chi connectivity index (χ1) is 8.69. The van der Waals surface area contributed by atoms with Gasteiger partial charge in [-0.1, -0.05) is 53.5 Å². The molecule has 2 rings (SSSR count). The standard InChI is InChI=1S/C14H10Cl2N2/c15-11-6-12(16)8-13(7-11)18-14(9-17)10-4-2-1-3-5-10/h1-8,14,18H. The van der Waals surface area contributed by atoms with E-state index in [2.05, 4.69) is 11.4 Å². The molecule has 1 N–H and O–H groups in total. The van der Waals surface area contributed by atoms with Gasteiger partial charge in [0.1, 0.15) is 6.04 Å². The Balaban J connectivity index is 2.24. The molecule has 0 spiro atoms. The molecule has 0 amide bonds. The zero-order valence-corrected chi connectivity index (χ0v) is 10.9. The molecule has 0 radical (unpaired) electrons. The van der Waals surface area contributed by atoms with Gasteiger partial charge in [-0.15, -0.1) is 0 Å². The topological polar surface area (TPSA) is 35.8 Å². The van der Waals surface area contributed by atoms with Crippen molar-refractivity contribution < 1.29 is 0 Å². The number of benzene rings is 2. The van der Waals surface area contributed by atoms with Gasteiger partial charge in [-0.05, 0) is 23.8 Å². The Hall–Kier alpha value is -1.69. The number of hydrogen-bond donors (Lipinski definition) is 1. The highest BCUT2D eigenvalue weighted by molar-refractivity contribution is 6.35. The van der Waals surface area contributed by atoms with Gasteiger partial charge in [0.05, 0.1) is 6.07 Å². The van der Waals surface area contributed by atoms with Crippen LogP contribution in [-0.4, -0.2) is 0 Å². The molecule has 1 unspecified atom stereocenters. The van der Waals surface area contributed by atoms with E-state index in [0.29, 0.717) is 10.0 Å². The first kappa shape index (κ1) is 12.8. The van der Waals surface area contributed by atoms with Gasteiger partial charge in [0.15, 0.2) is 0 Å². The third-order valence-electron chi connectivity index (χ3n) is 2.44. The molecule has 0 aliphatic heterocycles. The van der Waals surface area contributed by atoms with Crippen molar-refractivity contribution in [1.29, 1.82) is 5.26 Å². The van der Waals surface area contributed by atoms with E-state index in [1.807, 2.05) is 30.3 Å². The molecule has 0 saturated heterocycles. The van der Waals surface area contributed by atoms with Gasteiger partial charge in [-0.3, -0.25) is 0 Å². The average molecular weight is 277 g/mol. The van der Waals surface area contributed by atoms with E-state index in [1.54, 1.807) is 18.2 Å². The molecular formula is C14H10Cl2N2. The van der Waals surface area contributed by atoms with Crippen molar-refractivity contribution in [1.82, 2.24) is 0 Å². The minimum atomic E-state index is -0.430. The van der Waals surface area contributed by atoms with Crippen molar-refractivity contribution in [2.24, 2.45) is 0 Å². The maximum atomic E-state index is 9.20. The summed E-state index contributed by atoms with van der Waals surface area (Å²) in [4.78, 5) is 0. The van der Waals surface area contributed by atoms with Crippen molar-refractivity contribution in [3.05, 3.63) is 64.1 Å². The Morgan fingerprint density at radius 2 is 1.61 bits per heavy atom. The second kappa shape index (κ2) is 5.77. The summed E-state index contributed by atoms with van der Waals surface area (Å²) in [5, 5.41) is 13.4. The summed E-state index contributed by atoms with van der Waals surface area (Å²) >= 11 is 11.8. The minimum Gasteiger partial charge on any atom is -0.366 e. The van der Waals surface area contributed by atoms with Crippen LogP contribution < -0.4 is 5.32 Å². The van der Waals surface area contributed by atoms with Gasteiger partial charge < -0.3 is 5.32 Å². The van der Waals surface area contributed by atoms with Crippen LogP contribution in [0.2, 0.25) is 10.0 Å². The Kier molecular flexibility index (Phi) is 4.09. The van der Waals surface area contributed by atoms with Gasteiger partial charge in [0, 0.05) is 15.7 Å². The normalized spacial score (nSPS) is 11.6. The van der Waals surface area contributed by atoms with Crippen LogP contribution in [0.3, 0.4) is 0 Å². The average Bonchev–Trinajstić information content (AvgIpc) is 2.36. The summed E-state index contributed by atoms with van der Waals surface area (Å²) < 4.78 is 0. The van der Waals surface area contributed by atoms with E-state index in [1.165, 1.54) is 0 Å². The lowest BCUT2D eigenvalue weighted by atomic mass is 10.1. The molecule has 0 aromatic heterocycles. The molecule has 1 atom stereocenters. The van der Waals surface area contributed by atoms with Crippen LogP contribution in [0.4, 0.5) is 5.69 Å². The summed E-state index contributed by atoms with van der Waals surface area (Å²) in [6.45, 7) is 0. The second-order valence-electron chi connectivity index (χ2n) is 3.78. The Labute approximate surface area is 116 Å².